The lowest BCUT2D eigenvalue weighted by Gasteiger charge is -2.09. The van der Waals surface area contributed by atoms with Crippen molar-refractivity contribution in [3.63, 3.8) is 0 Å². The molecule has 4 heteroatoms. The van der Waals surface area contributed by atoms with Gasteiger partial charge in [-0.15, -0.1) is 11.3 Å². The summed E-state index contributed by atoms with van der Waals surface area (Å²) >= 11 is 1.58. The third-order valence-electron chi connectivity index (χ3n) is 2.25. The number of nitrogens with two attached hydrogens (primary N) is 1. The molecule has 0 amide bonds. The lowest BCUT2D eigenvalue weighted by molar-refractivity contribution is 0.299. The molecule has 1 aromatic heterocycles. The van der Waals surface area contributed by atoms with Crippen molar-refractivity contribution in [3.05, 3.63) is 46.4 Å². The molecule has 16 heavy (non-hydrogen) atoms. The zero-order chi connectivity index (χ0) is 11.2. The molecule has 0 bridgehead atoms. The average Bonchev–Trinajstić information content (AvgIpc) is 2.81. The maximum absolute atomic E-state index is 5.72. The summed E-state index contributed by atoms with van der Waals surface area (Å²) < 4.78 is 5.72. The highest BCUT2D eigenvalue weighted by molar-refractivity contribution is 7.07. The van der Waals surface area contributed by atoms with Crippen molar-refractivity contribution in [2.24, 2.45) is 5.73 Å². The van der Waals surface area contributed by atoms with Gasteiger partial charge >= 0.3 is 0 Å². The van der Waals surface area contributed by atoms with E-state index in [1.165, 1.54) is 0 Å². The summed E-state index contributed by atoms with van der Waals surface area (Å²) in [4.78, 5) is 4.18. The van der Waals surface area contributed by atoms with Crippen LogP contribution in [0.15, 0.2) is 35.2 Å². The predicted molar refractivity (Wildman–Crippen MR) is 65.6 cm³/mol. The number of hydrogen-bond acceptors (Lipinski definition) is 4. The maximum Gasteiger partial charge on any atom is 0.131 e. The number of nitrogens with zero attached hydrogens (tertiary/aromatic N) is 1. The van der Waals surface area contributed by atoms with Crippen molar-refractivity contribution in [1.29, 1.82) is 0 Å². The molecule has 0 radical (unpaired) electrons. The topological polar surface area (TPSA) is 48.1 Å². The van der Waals surface area contributed by atoms with E-state index in [9.17, 15) is 0 Å². The molecule has 0 unspecified atom stereocenters. The highest BCUT2D eigenvalue weighted by atomic mass is 32.1. The van der Waals surface area contributed by atoms with Crippen molar-refractivity contribution < 1.29 is 4.74 Å². The van der Waals surface area contributed by atoms with Gasteiger partial charge in [-0.2, -0.15) is 0 Å². The molecule has 0 aliphatic heterocycles. The van der Waals surface area contributed by atoms with Gasteiger partial charge in [-0.3, -0.25) is 0 Å². The second-order valence-corrected chi connectivity index (χ2v) is 4.13. The Balaban J connectivity index is 2.03. The summed E-state index contributed by atoms with van der Waals surface area (Å²) in [5, 5.41) is 1.99. The maximum atomic E-state index is 5.72. The molecule has 1 aromatic carbocycles. The van der Waals surface area contributed by atoms with E-state index in [0.717, 1.165) is 23.4 Å². The standard InChI is InChI=1S/C12H14N2OS/c13-6-5-10-3-1-2-4-12(10)15-7-11-8-16-9-14-11/h1-4,8-9H,5-7,13H2. The van der Waals surface area contributed by atoms with Gasteiger partial charge in [-0.1, -0.05) is 18.2 Å². The third-order valence-corrected chi connectivity index (χ3v) is 2.88. The van der Waals surface area contributed by atoms with Crippen molar-refractivity contribution in [1.82, 2.24) is 4.98 Å². The molecule has 2 N–H and O–H groups in total. The molecule has 0 fully saturated rings. The quantitative estimate of drug-likeness (QED) is 0.863. The Labute approximate surface area is 98.9 Å². The summed E-state index contributed by atoms with van der Waals surface area (Å²) in [5.74, 6) is 0.904. The Morgan fingerprint density at radius 3 is 2.94 bits per heavy atom. The van der Waals surface area contributed by atoms with Gasteiger partial charge in [0.2, 0.25) is 0 Å². The monoisotopic (exact) mass is 234 g/mol. The summed E-state index contributed by atoms with van der Waals surface area (Å²) in [7, 11) is 0. The molecule has 2 aromatic rings. The van der Waals surface area contributed by atoms with Crippen LogP contribution in [0.4, 0.5) is 0 Å². The van der Waals surface area contributed by atoms with E-state index in [-0.39, 0.29) is 0 Å². The molecule has 0 saturated heterocycles. The molecule has 0 aliphatic rings. The van der Waals surface area contributed by atoms with Crippen molar-refractivity contribution >= 4 is 11.3 Å². The van der Waals surface area contributed by atoms with Crippen LogP contribution in [0.5, 0.6) is 5.75 Å². The largest absolute Gasteiger partial charge is 0.487 e. The van der Waals surface area contributed by atoms with Crippen LogP contribution in [0.3, 0.4) is 0 Å². The highest BCUT2D eigenvalue weighted by Gasteiger charge is 2.02. The molecule has 2 rings (SSSR count). The number of benzene rings is 1. The van der Waals surface area contributed by atoms with Crippen LogP contribution >= 0.6 is 11.3 Å². The van der Waals surface area contributed by atoms with Crippen LogP contribution in [-0.4, -0.2) is 11.5 Å². The third kappa shape index (κ3) is 2.81. The fraction of sp³-hybridized carbons (Fsp3) is 0.250. The van der Waals surface area contributed by atoms with Crippen molar-refractivity contribution in [3.8, 4) is 5.75 Å². The number of ether oxygens (including phenoxy) is 1. The van der Waals surface area contributed by atoms with Crippen LogP contribution in [0.2, 0.25) is 0 Å². The molecule has 0 aliphatic carbocycles. The Morgan fingerprint density at radius 2 is 2.19 bits per heavy atom. The number of hydrogen-bond donors (Lipinski definition) is 1. The van der Waals surface area contributed by atoms with E-state index in [1.54, 1.807) is 11.3 Å². The van der Waals surface area contributed by atoms with E-state index >= 15 is 0 Å². The fourth-order valence-electron chi connectivity index (χ4n) is 1.47. The average molecular weight is 234 g/mol. The summed E-state index contributed by atoms with van der Waals surface area (Å²) in [6.45, 7) is 1.15. The SMILES string of the molecule is NCCc1ccccc1OCc1cscn1. The lowest BCUT2D eigenvalue weighted by Crippen LogP contribution is -2.05. The molecule has 0 atom stereocenters. The number of thiazole rings is 1. The Morgan fingerprint density at radius 1 is 1.31 bits per heavy atom. The first-order valence-electron chi connectivity index (χ1n) is 5.18. The van der Waals surface area contributed by atoms with Crippen LogP contribution in [0.1, 0.15) is 11.3 Å². The van der Waals surface area contributed by atoms with Crippen LogP contribution in [0.25, 0.3) is 0 Å². The second-order valence-electron chi connectivity index (χ2n) is 3.41. The van der Waals surface area contributed by atoms with Gasteiger partial charge in [0, 0.05) is 5.38 Å². The van der Waals surface area contributed by atoms with Gasteiger partial charge in [-0.25, -0.2) is 4.98 Å². The molecular weight excluding hydrogens is 220 g/mol. The van der Waals surface area contributed by atoms with E-state index in [4.69, 9.17) is 10.5 Å². The van der Waals surface area contributed by atoms with Crippen LogP contribution < -0.4 is 10.5 Å². The van der Waals surface area contributed by atoms with E-state index in [0.29, 0.717) is 13.2 Å². The molecule has 3 nitrogen and oxygen atoms in total. The van der Waals surface area contributed by atoms with Crippen molar-refractivity contribution in [2.75, 3.05) is 6.54 Å². The lowest BCUT2D eigenvalue weighted by atomic mass is 10.1. The molecular formula is C12H14N2OS. The van der Waals surface area contributed by atoms with E-state index < -0.39 is 0 Å². The predicted octanol–water partition coefficient (Wildman–Crippen LogP) is 2.22. The Bertz CT molecular complexity index is 428. The van der Waals surface area contributed by atoms with Crippen LogP contribution in [-0.2, 0) is 13.0 Å². The van der Waals surface area contributed by atoms with Gasteiger partial charge in [0.25, 0.3) is 0 Å². The number of para-hydroxylation sites is 1. The molecule has 84 valence electrons. The minimum absolute atomic E-state index is 0.519. The molecule has 0 saturated carbocycles. The van der Waals surface area contributed by atoms with Gasteiger partial charge in [0.1, 0.15) is 12.4 Å². The Hall–Kier alpha value is -1.39. The zero-order valence-corrected chi connectivity index (χ0v) is 9.74. The first-order valence-corrected chi connectivity index (χ1v) is 6.12. The first kappa shape index (κ1) is 11.1. The minimum Gasteiger partial charge on any atom is -0.487 e. The zero-order valence-electron chi connectivity index (χ0n) is 8.93. The normalized spacial score (nSPS) is 10.3. The van der Waals surface area contributed by atoms with Gasteiger partial charge < -0.3 is 10.5 Å². The smallest absolute Gasteiger partial charge is 0.131 e. The fourth-order valence-corrected chi connectivity index (χ4v) is 2.01. The van der Waals surface area contributed by atoms with Crippen LogP contribution in [0, 0.1) is 0 Å². The molecule has 0 spiro atoms. The van der Waals surface area contributed by atoms with E-state index in [1.807, 2.05) is 35.2 Å². The number of aromatic nitrogens is 1. The van der Waals surface area contributed by atoms with Gasteiger partial charge in [0.05, 0.1) is 11.2 Å². The summed E-state index contributed by atoms with van der Waals surface area (Å²) in [6.07, 6.45) is 0.841. The van der Waals surface area contributed by atoms with E-state index in [2.05, 4.69) is 4.98 Å². The molecule has 1 heterocycles. The van der Waals surface area contributed by atoms with Gasteiger partial charge in [-0.05, 0) is 24.6 Å². The van der Waals surface area contributed by atoms with Gasteiger partial charge in [0.15, 0.2) is 0 Å². The van der Waals surface area contributed by atoms with Crippen molar-refractivity contribution in [2.45, 2.75) is 13.0 Å². The number of rotatable bonds is 5. The summed E-state index contributed by atoms with van der Waals surface area (Å²) in [5.41, 5.74) is 9.48. The minimum atomic E-state index is 0.519. The first-order chi connectivity index (χ1) is 7.90. The highest BCUT2D eigenvalue weighted by Crippen LogP contribution is 2.19. The second kappa shape index (κ2) is 5.63. The summed E-state index contributed by atoms with van der Waals surface area (Å²) in [6, 6.07) is 7.98. The Kier molecular flexibility index (Phi) is 3.91.